The van der Waals surface area contributed by atoms with Crippen LogP contribution in [0.25, 0.3) is 11.3 Å². The standard InChI is InChI=1S/C32H34ClFN6O4/c1-5-40(6-2)14-12-30(41)37-29-17-22(11-13-35-29)36-26-18-25(23-16-21(33)8-9-24(23)34)38-39-31(26)42-19-20-7-10-27-28(15-20)44-32(3,4)43-27/h7-11,13,15-18H,5-6,12,14,19H2,1-4H3,(H2,35,36,37,38,41). The lowest BCUT2D eigenvalue weighted by Crippen LogP contribution is -2.29. The Labute approximate surface area is 260 Å². The number of carbonyl (C=O) groups is 1. The van der Waals surface area contributed by atoms with Crippen LogP contribution in [-0.2, 0) is 11.4 Å². The quantitative estimate of drug-likeness (QED) is 0.176. The third-order valence-corrected chi connectivity index (χ3v) is 7.15. The van der Waals surface area contributed by atoms with E-state index >= 15 is 0 Å². The summed E-state index contributed by atoms with van der Waals surface area (Å²) in [4.78, 5) is 19.0. The highest BCUT2D eigenvalue weighted by atomic mass is 35.5. The summed E-state index contributed by atoms with van der Waals surface area (Å²) in [6, 6.07) is 14.8. The average Bonchev–Trinajstić information content (AvgIpc) is 3.31. The number of nitrogens with zero attached hydrogens (tertiary/aromatic N) is 4. The predicted octanol–water partition coefficient (Wildman–Crippen LogP) is 6.83. The van der Waals surface area contributed by atoms with Gasteiger partial charge in [-0.1, -0.05) is 31.5 Å². The third kappa shape index (κ3) is 7.72. The Morgan fingerprint density at radius 1 is 1.02 bits per heavy atom. The van der Waals surface area contributed by atoms with Crippen LogP contribution in [0.2, 0.25) is 5.02 Å². The molecule has 0 saturated heterocycles. The molecule has 4 aromatic rings. The summed E-state index contributed by atoms with van der Waals surface area (Å²) in [5, 5.41) is 15.0. The molecule has 10 nitrogen and oxygen atoms in total. The van der Waals surface area contributed by atoms with E-state index in [2.05, 4.69) is 44.6 Å². The molecule has 1 amide bonds. The van der Waals surface area contributed by atoms with E-state index in [1.165, 1.54) is 18.2 Å². The van der Waals surface area contributed by atoms with Gasteiger partial charge in [0, 0.05) is 55.3 Å². The fourth-order valence-corrected chi connectivity index (χ4v) is 4.82. The van der Waals surface area contributed by atoms with Crippen molar-refractivity contribution in [2.45, 2.75) is 46.5 Å². The zero-order valence-corrected chi connectivity index (χ0v) is 25.7. The maximum Gasteiger partial charge on any atom is 0.257 e. The summed E-state index contributed by atoms with van der Waals surface area (Å²) in [6.07, 6.45) is 1.92. The zero-order valence-electron chi connectivity index (χ0n) is 25.0. The van der Waals surface area contributed by atoms with Crippen LogP contribution >= 0.6 is 11.6 Å². The van der Waals surface area contributed by atoms with E-state index in [0.29, 0.717) is 46.7 Å². The van der Waals surface area contributed by atoms with Gasteiger partial charge in [0.05, 0.1) is 5.69 Å². The van der Waals surface area contributed by atoms with Gasteiger partial charge in [-0.2, -0.15) is 0 Å². The molecule has 1 aliphatic heterocycles. The largest absolute Gasteiger partial charge is 0.470 e. The van der Waals surface area contributed by atoms with Gasteiger partial charge >= 0.3 is 0 Å². The molecule has 0 saturated carbocycles. The van der Waals surface area contributed by atoms with E-state index in [-0.39, 0.29) is 29.7 Å². The van der Waals surface area contributed by atoms with E-state index in [1.807, 2.05) is 32.0 Å². The molecule has 0 bridgehead atoms. The summed E-state index contributed by atoms with van der Waals surface area (Å²) in [5.74, 6) is 0.457. The van der Waals surface area contributed by atoms with Gasteiger partial charge in [0.15, 0.2) is 11.5 Å². The maximum atomic E-state index is 14.7. The molecule has 230 valence electrons. The van der Waals surface area contributed by atoms with Gasteiger partial charge in [-0.25, -0.2) is 9.37 Å². The van der Waals surface area contributed by atoms with Gasteiger partial charge in [0.2, 0.25) is 11.7 Å². The van der Waals surface area contributed by atoms with Crippen LogP contribution in [0.15, 0.2) is 60.8 Å². The molecule has 44 heavy (non-hydrogen) atoms. The molecule has 3 heterocycles. The van der Waals surface area contributed by atoms with Crippen LogP contribution in [-0.4, -0.2) is 51.4 Å². The van der Waals surface area contributed by atoms with E-state index < -0.39 is 11.6 Å². The first kappa shape index (κ1) is 31.0. The lowest BCUT2D eigenvalue weighted by Gasteiger charge is -2.17. The van der Waals surface area contributed by atoms with Gasteiger partial charge in [-0.05, 0) is 61.1 Å². The van der Waals surface area contributed by atoms with Gasteiger partial charge in [0.25, 0.3) is 5.88 Å². The fourth-order valence-electron chi connectivity index (χ4n) is 4.65. The van der Waals surface area contributed by atoms with Crippen molar-refractivity contribution in [1.29, 1.82) is 0 Å². The summed E-state index contributed by atoms with van der Waals surface area (Å²) in [5.41, 5.74) is 2.28. The first-order valence-electron chi connectivity index (χ1n) is 14.3. The number of carbonyl (C=O) groups excluding carboxylic acids is 1. The number of ether oxygens (including phenoxy) is 3. The number of amides is 1. The normalized spacial score (nSPS) is 13.2. The number of nitrogens with one attached hydrogen (secondary N) is 2. The number of anilines is 3. The number of hydrogen-bond donors (Lipinski definition) is 2. The first-order chi connectivity index (χ1) is 21.1. The first-order valence-corrected chi connectivity index (χ1v) is 14.7. The van der Waals surface area contributed by atoms with Crippen LogP contribution in [0.1, 0.15) is 39.7 Å². The van der Waals surface area contributed by atoms with Gasteiger partial charge in [-0.3, -0.25) is 4.79 Å². The molecule has 2 aromatic heterocycles. The smallest absolute Gasteiger partial charge is 0.257 e. The van der Waals surface area contributed by atoms with Crippen molar-refractivity contribution in [3.05, 3.63) is 77.2 Å². The van der Waals surface area contributed by atoms with Crippen molar-refractivity contribution in [2.75, 3.05) is 30.3 Å². The van der Waals surface area contributed by atoms with Crippen molar-refractivity contribution in [2.24, 2.45) is 0 Å². The molecule has 5 rings (SSSR count). The highest BCUT2D eigenvalue weighted by molar-refractivity contribution is 6.30. The molecule has 0 spiro atoms. The molecule has 0 radical (unpaired) electrons. The molecule has 0 unspecified atom stereocenters. The molecule has 0 fully saturated rings. The molecule has 2 N–H and O–H groups in total. The minimum absolute atomic E-state index is 0.137. The highest BCUT2D eigenvalue weighted by Gasteiger charge is 2.31. The van der Waals surface area contributed by atoms with Crippen LogP contribution in [0.4, 0.5) is 21.6 Å². The number of rotatable bonds is 12. The Morgan fingerprint density at radius 3 is 2.61 bits per heavy atom. The zero-order chi connectivity index (χ0) is 31.3. The SMILES string of the molecule is CCN(CC)CCC(=O)Nc1cc(Nc2cc(-c3cc(Cl)ccc3F)nnc2OCc2ccc3c(c2)OC(C)(C)O3)ccn1. The molecular formula is C32H34ClFN6O4. The summed E-state index contributed by atoms with van der Waals surface area (Å²) in [7, 11) is 0. The summed E-state index contributed by atoms with van der Waals surface area (Å²) in [6.45, 7) is 10.4. The number of benzene rings is 2. The van der Waals surface area contributed by atoms with Crippen LogP contribution in [0, 0.1) is 5.82 Å². The van der Waals surface area contributed by atoms with E-state index in [4.69, 9.17) is 25.8 Å². The summed E-state index contributed by atoms with van der Waals surface area (Å²) >= 11 is 6.14. The topological polar surface area (TPSA) is 111 Å². The summed E-state index contributed by atoms with van der Waals surface area (Å²) < 4.78 is 32.4. The van der Waals surface area contributed by atoms with Gasteiger partial charge in [-0.15, -0.1) is 10.2 Å². The fraction of sp³-hybridized carbons (Fsp3) is 0.312. The Bertz CT molecular complexity index is 1650. The highest BCUT2D eigenvalue weighted by Crippen LogP contribution is 2.40. The van der Waals surface area contributed by atoms with Crippen molar-refractivity contribution >= 4 is 34.7 Å². The lowest BCUT2D eigenvalue weighted by molar-refractivity contribution is -0.116. The maximum absolute atomic E-state index is 14.7. The van der Waals surface area contributed by atoms with Crippen molar-refractivity contribution in [3.8, 4) is 28.6 Å². The molecule has 1 aliphatic rings. The van der Waals surface area contributed by atoms with Crippen molar-refractivity contribution in [3.63, 3.8) is 0 Å². The van der Waals surface area contributed by atoms with Crippen LogP contribution in [0.3, 0.4) is 0 Å². The second-order valence-corrected chi connectivity index (χ2v) is 11.1. The number of halogens is 2. The number of aromatic nitrogens is 3. The van der Waals surface area contributed by atoms with Crippen molar-refractivity contribution in [1.82, 2.24) is 20.1 Å². The van der Waals surface area contributed by atoms with Gasteiger partial charge < -0.3 is 29.7 Å². The predicted molar refractivity (Wildman–Crippen MR) is 167 cm³/mol. The number of hydrogen-bond acceptors (Lipinski definition) is 9. The van der Waals surface area contributed by atoms with Crippen molar-refractivity contribution < 1.29 is 23.4 Å². The van der Waals surface area contributed by atoms with E-state index in [0.717, 1.165) is 18.7 Å². The second kappa shape index (κ2) is 13.4. The lowest BCUT2D eigenvalue weighted by atomic mass is 10.1. The van der Waals surface area contributed by atoms with E-state index in [1.54, 1.807) is 24.4 Å². The van der Waals surface area contributed by atoms with Crippen LogP contribution < -0.4 is 24.8 Å². The van der Waals surface area contributed by atoms with E-state index in [9.17, 15) is 9.18 Å². The Hall–Kier alpha value is -4.48. The molecule has 0 aliphatic carbocycles. The molecular weight excluding hydrogens is 587 g/mol. The monoisotopic (exact) mass is 620 g/mol. The molecule has 12 heteroatoms. The third-order valence-electron chi connectivity index (χ3n) is 6.92. The van der Waals surface area contributed by atoms with Crippen LogP contribution in [0.5, 0.6) is 17.4 Å². The Balaban J connectivity index is 1.37. The minimum atomic E-state index is -0.746. The minimum Gasteiger partial charge on any atom is -0.470 e. The Morgan fingerprint density at radius 2 is 1.82 bits per heavy atom. The molecule has 2 aromatic carbocycles. The average molecular weight is 621 g/mol. The number of pyridine rings is 1. The Kier molecular flexibility index (Phi) is 9.46. The van der Waals surface area contributed by atoms with Gasteiger partial charge in [0.1, 0.15) is 23.9 Å². The number of fused-ring (bicyclic) bond motifs is 1. The second-order valence-electron chi connectivity index (χ2n) is 10.6. The molecule has 0 atom stereocenters.